The van der Waals surface area contributed by atoms with Gasteiger partial charge in [0.2, 0.25) is 0 Å². The number of carbonyl (C=O) groups is 1. The largest absolute Gasteiger partial charge is 0.497 e. The lowest BCUT2D eigenvalue weighted by Crippen LogP contribution is -2.27. The fourth-order valence-electron chi connectivity index (χ4n) is 2.52. The van der Waals surface area contributed by atoms with Gasteiger partial charge < -0.3 is 24.3 Å². The van der Waals surface area contributed by atoms with Gasteiger partial charge in [-0.1, -0.05) is 0 Å². The highest BCUT2D eigenvalue weighted by Crippen LogP contribution is 2.30. The number of hydrogen-bond donors (Lipinski definition) is 1. The third-order valence-electron chi connectivity index (χ3n) is 3.90. The maximum Gasteiger partial charge on any atom is 0.255 e. The number of amides is 1. The van der Waals surface area contributed by atoms with Crippen molar-refractivity contribution in [1.29, 1.82) is 0 Å². The van der Waals surface area contributed by atoms with Crippen LogP contribution in [0, 0.1) is 0 Å². The summed E-state index contributed by atoms with van der Waals surface area (Å²) in [6.45, 7) is 1.88. The fraction of sp³-hybridized carbons (Fsp3) is 0.316. The fourth-order valence-corrected chi connectivity index (χ4v) is 2.52. The molecule has 0 aliphatic carbocycles. The van der Waals surface area contributed by atoms with Crippen LogP contribution in [-0.4, -0.2) is 34.3 Å². The van der Waals surface area contributed by atoms with Gasteiger partial charge in [0.1, 0.15) is 23.0 Å². The highest BCUT2D eigenvalue weighted by Gasteiger charge is 2.19. The topological polar surface area (TPSA) is 66.0 Å². The van der Waals surface area contributed by atoms with Gasteiger partial charge in [0.25, 0.3) is 5.91 Å². The Kier molecular flexibility index (Phi) is 6.11. The van der Waals surface area contributed by atoms with Gasteiger partial charge in [-0.05, 0) is 37.3 Å². The van der Waals surface area contributed by atoms with Crippen molar-refractivity contribution >= 4 is 5.91 Å². The Morgan fingerprint density at radius 2 is 1.44 bits per heavy atom. The van der Waals surface area contributed by atoms with Gasteiger partial charge in [0.15, 0.2) is 0 Å². The van der Waals surface area contributed by atoms with E-state index in [-0.39, 0.29) is 11.9 Å². The number of nitrogens with one attached hydrogen (secondary N) is 1. The SMILES string of the molecule is COc1ccc(C(=O)N[C@H](C)c2cc(OC)ccc2OC)c(OC)c1. The minimum atomic E-state index is -0.288. The molecule has 0 bridgehead atoms. The van der Waals surface area contributed by atoms with Crippen LogP contribution >= 0.6 is 0 Å². The summed E-state index contributed by atoms with van der Waals surface area (Å²) in [5.74, 6) is 2.18. The van der Waals surface area contributed by atoms with Crippen LogP contribution < -0.4 is 24.3 Å². The molecule has 0 aliphatic rings. The molecule has 25 heavy (non-hydrogen) atoms. The minimum absolute atomic E-state index is 0.253. The normalized spacial score (nSPS) is 11.4. The Hall–Kier alpha value is -2.89. The van der Waals surface area contributed by atoms with Crippen molar-refractivity contribution in [2.24, 2.45) is 0 Å². The second-order valence-electron chi connectivity index (χ2n) is 5.37. The van der Waals surface area contributed by atoms with E-state index in [1.54, 1.807) is 39.5 Å². The zero-order chi connectivity index (χ0) is 18.4. The standard InChI is InChI=1S/C19H23NO5/c1-12(16-10-13(22-2)7-9-17(16)24-4)20-19(21)15-8-6-14(23-3)11-18(15)25-5/h6-12H,1-5H3,(H,20,21)/t12-/m1/s1. The Morgan fingerprint density at radius 1 is 0.840 bits per heavy atom. The van der Waals surface area contributed by atoms with Crippen molar-refractivity contribution in [3.8, 4) is 23.0 Å². The summed E-state index contributed by atoms with van der Waals surface area (Å²) in [6, 6.07) is 10.2. The summed E-state index contributed by atoms with van der Waals surface area (Å²) in [4.78, 5) is 12.7. The summed E-state index contributed by atoms with van der Waals surface area (Å²) in [6.07, 6.45) is 0. The molecule has 0 fully saturated rings. The average molecular weight is 345 g/mol. The van der Waals surface area contributed by atoms with Crippen LogP contribution in [0.15, 0.2) is 36.4 Å². The predicted octanol–water partition coefficient (Wildman–Crippen LogP) is 3.21. The zero-order valence-electron chi connectivity index (χ0n) is 15.1. The molecule has 0 aliphatic heterocycles. The van der Waals surface area contributed by atoms with Crippen molar-refractivity contribution < 1.29 is 23.7 Å². The van der Waals surface area contributed by atoms with Crippen molar-refractivity contribution in [1.82, 2.24) is 5.32 Å². The van der Waals surface area contributed by atoms with Gasteiger partial charge in [0.05, 0.1) is 40.0 Å². The van der Waals surface area contributed by atoms with Gasteiger partial charge >= 0.3 is 0 Å². The number of carbonyl (C=O) groups excluding carboxylic acids is 1. The van der Waals surface area contributed by atoms with E-state index >= 15 is 0 Å². The smallest absolute Gasteiger partial charge is 0.255 e. The third kappa shape index (κ3) is 4.15. The van der Waals surface area contributed by atoms with Gasteiger partial charge in [-0.2, -0.15) is 0 Å². The quantitative estimate of drug-likeness (QED) is 0.835. The van der Waals surface area contributed by atoms with E-state index < -0.39 is 0 Å². The molecule has 2 aromatic carbocycles. The summed E-state index contributed by atoms with van der Waals surface area (Å²) in [7, 11) is 6.26. The number of rotatable bonds is 7. The van der Waals surface area contributed by atoms with Crippen LogP contribution in [0.3, 0.4) is 0 Å². The molecule has 2 rings (SSSR count). The van der Waals surface area contributed by atoms with E-state index in [9.17, 15) is 4.79 Å². The van der Waals surface area contributed by atoms with E-state index in [1.165, 1.54) is 7.11 Å². The van der Waals surface area contributed by atoms with E-state index in [1.807, 2.05) is 25.1 Å². The Balaban J connectivity index is 2.26. The zero-order valence-corrected chi connectivity index (χ0v) is 15.1. The first-order valence-corrected chi connectivity index (χ1v) is 7.78. The molecule has 0 radical (unpaired) electrons. The maximum absolute atomic E-state index is 12.7. The first-order chi connectivity index (χ1) is 12.0. The molecule has 0 unspecified atom stereocenters. The molecule has 1 amide bonds. The first-order valence-electron chi connectivity index (χ1n) is 7.78. The molecule has 0 aromatic heterocycles. The van der Waals surface area contributed by atoms with Gasteiger partial charge in [-0.3, -0.25) is 4.79 Å². The Morgan fingerprint density at radius 3 is 2.04 bits per heavy atom. The maximum atomic E-state index is 12.7. The molecule has 1 atom stereocenters. The summed E-state index contributed by atoms with van der Waals surface area (Å²) in [5, 5.41) is 2.96. The van der Waals surface area contributed by atoms with Gasteiger partial charge in [0, 0.05) is 11.6 Å². The van der Waals surface area contributed by atoms with Crippen LogP contribution in [0.2, 0.25) is 0 Å². The lowest BCUT2D eigenvalue weighted by Gasteiger charge is -2.19. The Bertz CT molecular complexity index is 745. The highest BCUT2D eigenvalue weighted by molar-refractivity contribution is 5.97. The van der Waals surface area contributed by atoms with Gasteiger partial charge in [-0.25, -0.2) is 0 Å². The van der Waals surface area contributed by atoms with Crippen LogP contribution in [0.1, 0.15) is 28.9 Å². The molecule has 0 spiro atoms. The summed E-state index contributed by atoms with van der Waals surface area (Å²) >= 11 is 0. The highest BCUT2D eigenvalue weighted by atomic mass is 16.5. The molecule has 2 aromatic rings. The van der Waals surface area contributed by atoms with E-state index in [4.69, 9.17) is 18.9 Å². The summed E-state index contributed by atoms with van der Waals surface area (Å²) in [5.41, 5.74) is 1.25. The van der Waals surface area contributed by atoms with Crippen molar-refractivity contribution in [2.75, 3.05) is 28.4 Å². The molecule has 0 heterocycles. The number of benzene rings is 2. The van der Waals surface area contributed by atoms with Crippen molar-refractivity contribution in [2.45, 2.75) is 13.0 Å². The third-order valence-corrected chi connectivity index (χ3v) is 3.90. The molecular weight excluding hydrogens is 322 g/mol. The van der Waals surface area contributed by atoms with Gasteiger partial charge in [-0.15, -0.1) is 0 Å². The molecule has 6 nitrogen and oxygen atoms in total. The lowest BCUT2D eigenvalue weighted by atomic mass is 10.1. The van der Waals surface area contributed by atoms with Crippen LogP contribution in [0.25, 0.3) is 0 Å². The molecule has 134 valence electrons. The number of ether oxygens (including phenoxy) is 4. The second kappa shape index (κ2) is 8.28. The van der Waals surface area contributed by atoms with Crippen LogP contribution in [0.5, 0.6) is 23.0 Å². The van der Waals surface area contributed by atoms with Crippen LogP contribution in [0.4, 0.5) is 0 Å². The number of hydrogen-bond acceptors (Lipinski definition) is 5. The van der Waals surface area contributed by atoms with E-state index in [2.05, 4.69) is 5.32 Å². The molecule has 0 saturated carbocycles. The molecular formula is C19H23NO5. The van der Waals surface area contributed by atoms with Crippen molar-refractivity contribution in [3.05, 3.63) is 47.5 Å². The predicted molar refractivity (Wildman–Crippen MR) is 95.0 cm³/mol. The van der Waals surface area contributed by atoms with Crippen LogP contribution in [-0.2, 0) is 0 Å². The molecule has 0 saturated heterocycles. The van der Waals surface area contributed by atoms with Crippen molar-refractivity contribution in [3.63, 3.8) is 0 Å². The summed E-state index contributed by atoms with van der Waals surface area (Å²) < 4.78 is 21.1. The lowest BCUT2D eigenvalue weighted by molar-refractivity contribution is 0.0936. The van der Waals surface area contributed by atoms with E-state index in [0.717, 1.165) is 5.56 Å². The average Bonchev–Trinajstić information content (AvgIpc) is 2.66. The van der Waals surface area contributed by atoms with E-state index in [0.29, 0.717) is 28.6 Å². The first kappa shape index (κ1) is 18.4. The molecule has 1 N–H and O–H groups in total. The second-order valence-corrected chi connectivity index (χ2v) is 5.37. The monoisotopic (exact) mass is 345 g/mol. The number of methoxy groups -OCH3 is 4. The molecule has 6 heteroatoms. The minimum Gasteiger partial charge on any atom is -0.497 e. The Labute approximate surface area is 147 Å².